The number of hydrogen-bond acceptors (Lipinski definition) is 3. The zero-order valence-electron chi connectivity index (χ0n) is 8.61. The number of nitrogen functional groups attached to an aromatic ring is 1. The molecule has 0 atom stereocenters. The maximum absolute atomic E-state index is 8.84. The van der Waals surface area contributed by atoms with Crippen molar-refractivity contribution in [3.63, 3.8) is 0 Å². The van der Waals surface area contributed by atoms with Crippen LogP contribution in [0.25, 0.3) is 0 Å². The second-order valence-electron chi connectivity index (χ2n) is 3.29. The average Bonchev–Trinajstić information content (AvgIpc) is 2.20. The molecule has 0 aromatic heterocycles. The molecule has 0 fully saturated rings. The van der Waals surface area contributed by atoms with Crippen molar-refractivity contribution in [2.24, 2.45) is 0 Å². The van der Waals surface area contributed by atoms with Gasteiger partial charge in [0.05, 0.1) is 6.61 Å². The summed E-state index contributed by atoms with van der Waals surface area (Å²) in [5.74, 6) is 0. The van der Waals surface area contributed by atoms with Crippen LogP contribution >= 0.6 is 0 Å². The third-order valence-electron chi connectivity index (χ3n) is 2.31. The minimum Gasteiger partial charge on any atom is -0.398 e. The number of anilines is 1. The number of nitrogens with two attached hydrogens (primary N) is 1. The van der Waals surface area contributed by atoms with E-state index in [1.54, 1.807) is 0 Å². The number of nitrogens with zero attached hydrogens (tertiary/aromatic N) is 1. The largest absolute Gasteiger partial charge is 0.398 e. The van der Waals surface area contributed by atoms with Crippen molar-refractivity contribution in [3.05, 3.63) is 29.8 Å². The van der Waals surface area contributed by atoms with E-state index in [0.717, 1.165) is 24.3 Å². The topological polar surface area (TPSA) is 49.5 Å². The summed E-state index contributed by atoms with van der Waals surface area (Å²) in [4.78, 5) is 2.16. The Morgan fingerprint density at radius 3 is 2.64 bits per heavy atom. The number of hydrogen-bond donors (Lipinski definition) is 2. The van der Waals surface area contributed by atoms with Crippen LogP contribution in [0.15, 0.2) is 24.3 Å². The summed E-state index contributed by atoms with van der Waals surface area (Å²) in [5, 5.41) is 8.84. The number of aliphatic hydroxyl groups is 1. The normalized spacial score (nSPS) is 10.8. The first-order valence-corrected chi connectivity index (χ1v) is 4.94. The summed E-state index contributed by atoms with van der Waals surface area (Å²) < 4.78 is 0. The molecule has 0 aliphatic heterocycles. The molecule has 0 saturated carbocycles. The first kappa shape index (κ1) is 11.0. The molecule has 14 heavy (non-hydrogen) atoms. The molecule has 0 amide bonds. The lowest BCUT2D eigenvalue weighted by molar-refractivity contribution is 0.197. The van der Waals surface area contributed by atoms with Crippen molar-refractivity contribution < 1.29 is 5.11 Å². The molecule has 78 valence electrons. The molecular weight excluding hydrogens is 176 g/mol. The molecule has 3 N–H and O–H groups in total. The van der Waals surface area contributed by atoms with Crippen molar-refractivity contribution in [3.8, 4) is 0 Å². The minimum absolute atomic E-state index is 0.195. The van der Waals surface area contributed by atoms with E-state index < -0.39 is 0 Å². The van der Waals surface area contributed by atoms with Gasteiger partial charge in [0, 0.05) is 18.8 Å². The van der Waals surface area contributed by atoms with Gasteiger partial charge in [0.25, 0.3) is 0 Å². The molecule has 0 spiro atoms. The molecule has 0 radical (unpaired) electrons. The third kappa shape index (κ3) is 3.01. The van der Waals surface area contributed by atoms with E-state index in [9.17, 15) is 0 Å². The Hall–Kier alpha value is -1.06. The van der Waals surface area contributed by atoms with Crippen molar-refractivity contribution in [2.75, 3.05) is 25.4 Å². The van der Waals surface area contributed by atoms with Gasteiger partial charge in [-0.3, -0.25) is 4.90 Å². The summed E-state index contributed by atoms with van der Waals surface area (Å²) in [6.45, 7) is 4.71. The van der Waals surface area contributed by atoms with Gasteiger partial charge in [0.2, 0.25) is 0 Å². The lowest BCUT2D eigenvalue weighted by atomic mass is 10.1. The smallest absolute Gasteiger partial charge is 0.0558 e. The summed E-state index contributed by atoms with van der Waals surface area (Å²) >= 11 is 0. The number of rotatable bonds is 5. The van der Waals surface area contributed by atoms with Gasteiger partial charge in [-0.1, -0.05) is 25.1 Å². The van der Waals surface area contributed by atoms with E-state index in [4.69, 9.17) is 10.8 Å². The summed E-state index contributed by atoms with van der Waals surface area (Å²) in [5.41, 5.74) is 7.78. The van der Waals surface area contributed by atoms with Gasteiger partial charge < -0.3 is 10.8 Å². The van der Waals surface area contributed by atoms with Crippen LogP contribution in [0.4, 0.5) is 5.69 Å². The number of aliphatic hydroxyl groups excluding tert-OH is 1. The molecule has 0 bridgehead atoms. The standard InChI is InChI=1S/C11H18N2O/c1-2-13(7-8-14)9-10-5-3-4-6-11(10)12/h3-6,14H,2,7-9,12H2,1H3. The highest BCUT2D eigenvalue weighted by Crippen LogP contribution is 2.12. The van der Waals surface area contributed by atoms with Crippen LogP contribution in [-0.2, 0) is 6.54 Å². The van der Waals surface area contributed by atoms with Gasteiger partial charge in [0.15, 0.2) is 0 Å². The Labute approximate surface area is 85.2 Å². The highest BCUT2D eigenvalue weighted by atomic mass is 16.3. The van der Waals surface area contributed by atoms with Gasteiger partial charge in [-0.2, -0.15) is 0 Å². The molecule has 3 heteroatoms. The first-order chi connectivity index (χ1) is 6.77. The highest BCUT2D eigenvalue weighted by molar-refractivity contribution is 5.46. The summed E-state index contributed by atoms with van der Waals surface area (Å²) in [7, 11) is 0. The van der Waals surface area contributed by atoms with Crippen LogP contribution in [0, 0.1) is 0 Å². The predicted molar refractivity (Wildman–Crippen MR) is 58.9 cm³/mol. The van der Waals surface area contributed by atoms with Crippen LogP contribution < -0.4 is 5.73 Å². The molecule has 0 saturated heterocycles. The molecule has 0 heterocycles. The molecule has 0 aliphatic rings. The van der Waals surface area contributed by atoms with Gasteiger partial charge in [-0.05, 0) is 18.2 Å². The predicted octanol–water partition coefficient (Wildman–Crippen LogP) is 1.08. The van der Waals surface area contributed by atoms with Gasteiger partial charge in [-0.15, -0.1) is 0 Å². The Morgan fingerprint density at radius 2 is 2.07 bits per heavy atom. The lowest BCUT2D eigenvalue weighted by Gasteiger charge is -2.19. The van der Waals surface area contributed by atoms with Gasteiger partial charge in [-0.25, -0.2) is 0 Å². The van der Waals surface area contributed by atoms with E-state index in [0.29, 0.717) is 6.54 Å². The van der Waals surface area contributed by atoms with E-state index in [1.165, 1.54) is 0 Å². The molecule has 1 aromatic carbocycles. The van der Waals surface area contributed by atoms with E-state index in [1.807, 2.05) is 24.3 Å². The Morgan fingerprint density at radius 1 is 1.36 bits per heavy atom. The zero-order chi connectivity index (χ0) is 10.4. The zero-order valence-corrected chi connectivity index (χ0v) is 8.61. The number of likely N-dealkylation sites (N-methyl/N-ethyl adjacent to an activating group) is 1. The lowest BCUT2D eigenvalue weighted by Crippen LogP contribution is -2.26. The Balaban J connectivity index is 2.62. The minimum atomic E-state index is 0.195. The van der Waals surface area contributed by atoms with Crippen molar-refractivity contribution >= 4 is 5.69 Å². The molecule has 0 unspecified atom stereocenters. The fourth-order valence-electron chi connectivity index (χ4n) is 1.41. The molecular formula is C11H18N2O. The second kappa shape index (κ2) is 5.62. The third-order valence-corrected chi connectivity index (χ3v) is 2.31. The van der Waals surface area contributed by atoms with Gasteiger partial charge >= 0.3 is 0 Å². The van der Waals surface area contributed by atoms with E-state index >= 15 is 0 Å². The van der Waals surface area contributed by atoms with Crippen LogP contribution in [0.3, 0.4) is 0 Å². The summed E-state index contributed by atoms with van der Waals surface area (Å²) in [6.07, 6.45) is 0. The Bertz CT molecular complexity index is 276. The fraction of sp³-hybridized carbons (Fsp3) is 0.455. The van der Waals surface area contributed by atoms with Crippen LogP contribution in [0.1, 0.15) is 12.5 Å². The van der Waals surface area contributed by atoms with Crippen molar-refractivity contribution in [2.45, 2.75) is 13.5 Å². The van der Waals surface area contributed by atoms with Crippen LogP contribution in [0.5, 0.6) is 0 Å². The number of para-hydroxylation sites is 1. The maximum atomic E-state index is 8.84. The van der Waals surface area contributed by atoms with Crippen molar-refractivity contribution in [1.82, 2.24) is 4.90 Å². The molecule has 1 rings (SSSR count). The van der Waals surface area contributed by atoms with Crippen molar-refractivity contribution in [1.29, 1.82) is 0 Å². The highest BCUT2D eigenvalue weighted by Gasteiger charge is 2.04. The monoisotopic (exact) mass is 194 g/mol. The van der Waals surface area contributed by atoms with Crippen LogP contribution in [-0.4, -0.2) is 29.7 Å². The van der Waals surface area contributed by atoms with E-state index in [-0.39, 0.29) is 6.61 Å². The average molecular weight is 194 g/mol. The quantitative estimate of drug-likeness (QED) is 0.690. The Kier molecular flexibility index (Phi) is 4.43. The van der Waals surface area contributed by atoms with Gasteiger partial charge in [0.1, 0.15) is 0 Å². The number of benzene rings is 1. The molecule has 3 nitrogen and oxygen atoms in total. The maximum Gasteiger partial charge on any atom is 0.0558 e. The summed E-state index contributed by atoms with van der Waals surface area (Å²) in [6, 6.07) is 7.84. The van der Waals surface area contributed by atoms with E-state index in [2.05, 4.69) is 11.8 Å². The molecule has 0 aliphatic carbocycles. The second-order valence-corrected chi connectivity index (χ2v) is 3.29. The molecule has 1 aromatic rings. The fourth-order valence-corrected chi connectivity index (χ4v) is 1.41. The first-order valence-electron chi connectivity index (χ1n) is 4.94. The SMILES string of the molecule is CCN(CCO)Cc1ccccc1N. The van der Waals surface area contributed by atoms with Crippen LogP contribution in [0.2, 0.25) is 0 Å².